The van der Waals surface area contributed by atoms with Gasteiger partial charge in [-0.15, -0.1) is 0 Å². The lowest BCUT2D eigenvalue weighted by Crippen LogP contribution is -2.35. The van der Waals surface area contributed by atoms with E-state index in [1.54, 1.807) is 0 Å². The van der Waals surface area contributed by atoms with Crippen LogP contribution >= 0.6 is 0 Å². The van der Waals surface area contributed by atoms with Crippen LogP contribution in [0.5, 0.6) is 0 Å². The van der Waals surface area contributed by atoms with E-state index in [0.29, 0.717) is 0 Å². The number of rotatable bonds is 3. The van der Waals surface area contributed by atoms with Crippen molar-refractivity contribution >= 4 is 21.9 Å². The third kappa shape index (κ3) is 2.75. The van der Waals surface area contributed by atoms with Crippen molar-refractivity contribution in [1.82, 2.24) is 19.4 Å². The van der Waals surface area contributed by atoms with Gasteiger partial charge in [0.25, 0.3) is 0 Å². The third-order valence-electron chi connectivity index (χ3n) is 5.02. The molecule has 0 N–H and O–H groups in total. The Labute approximate surface area is 151 Å². The van der Waals surface area contributed by atoms with Gasteiger partial charge in [-0.1, -0.05) is 18.2 Å². The first-order valence-electron chi connectivity index (χ1n) is 8.99. The second-order valence-corrected chi connectivity index (χ2v) is 6.67. The second-order valence-electron chi connectivity index (χ2n) is 6.67. The molecule has 0 spiro atoms. The average Bonchev–Trinajstić information content (AvgIpc) is 3.14. The lowest BCUT2D eigenvalue weighted by molar-refractivity contribution is 0.0343. The SMILES string of the molecule is c1cnc2ccc(-n3cnc4c(CN5CCOCC5)cccc43)cc2c1. The minimum atomic E-state index is 0.815. The molecule has 0 radical (unpaired) electrons. The highest BCUT2D eigenvalue weighted by Crippen LogP contribution is 2.24. The van der Waals surface area contributed by atoms with Gasteiger partial charge in [0.2, 0.25) is 0 Å². The van der Waals surface area contributed by atoms with Crippen molar-refractivity contribution in [3.05, 3.63) is 66.6 Å². The van der Waals surface area contributed by atoms with E-state index in [4.69, 9.17) is 9.72 Å². The standard InChI is InChI=1S/C21H20N4O/c1-3-17(14-24-9-11-26-12-10-24)21-20(5-1)25(15-23-21)18-6-7-19-16(13-18)4-2-8-22-19/h1-8,13,15H,9-12,14H2. The fourth-order valence-electron chi connectivity index (χ4n) is 3.65. The monoisotopic (exact) mass is 344 g/mol. The summed E-state index contributed by atoms with van der Waals surface area (Å²) in [7, 11) is 0. The van der Waals surface area contributed by atoms with Crippen molar-refractivity contribution in [2.24, 2.45) is 0 Å². The molecule has 3 heterocycles. The van der Waals surface area contributed by atoms with Crippen molar-refractivity contribution in [3.63, 3.8) is 0 Å². The summed E-state index contributed by atoms with van der Waals surface area (Å²) < 4.78 is 7.61. The van der Waals surface area contributed by atoms with Gasteiger partial charge in [-0.3, -0.25) is 14.5 Å². The van der Waals surface area contributed by atoms with Crippen LogP contribution in [0.3, 0.4) is 0 Å². The predicted octanol–water partition coefficient (Wildman–Crippen LogP) is 3.41. The topological polar surface area (TPSA) is 43.2 Å². The molecule has 5 rings (SSSR count). The first kappa shape index (κ1) is 15.5. The Morgan fingerprint density at radius 2 is 1.88 bits per heavy atom. The molecular formula is C21H20N4O. The van der Waals surface area contributed by atoms with Gasteiger partial charge in [-0.05, 0) is 35.9 Å². The zero-order chi connectivity index (χ0) is 17.3. The first-order valence-corrected chi connectivity index (χ1v) is 8.99. The molecule has 5 nitrogen and oxygen atoms in total. The Kier molecular flexibility index (Phi) is 3.88. The molecule has 1 saturated heterocycles. The highest BCUT2D eigenvalue weighted by Gasteiger charge is 2.14. The van der Waals surface area contributed by atoms with Crippen LogP contribution in [0.25, 0.3) is 27.6 Å². The predicted molar refractivity (Wildman–Crippen MR) is 102 cm³/mol. The molecule has 0 atom stereocenters. The minimum Gasteiger partial charge on any atom is -0.379 e. The molecule has 130 valence electrons. The molecule has 1 aliphatic heterocycles. The molecule has 2 aromatic heterocycles. The maximum Gasteiger partial charge on any atom is 0.100 e. The number of benzene rings is 2. The van der Waals surface area contributed by atoms with Crippen LogP contribution in [0, 0.1) is 0 Å². The Morgan fingerprint density at radius 3 is 2.81 bits per heavy atom. The Bertz CT molecular complexity index is 1070. The van der Waals surface area contributed by atoms with Crippen LogP contribution in [0.15, 0.2) is 61.1 Å². The molecule has 26 heavy (non-hydrogen) atoms. The molecule has 5 heteroatoms. The third-order valence-corrected chi connectivity index (χ3v) is 5.02. The molecule has 0 amide bonds. The Balaban J connectivity index is 1.55. The van der Waals surface area contributed by atoms with E-state index in [1.807, 2.05) is 18.6 Å². The van der Waals surface area contributed by atoms with Crippen LogP contribution in [0.1, 0.15) is 5.56 Å². The summed E-state index contributed by atoms with van der Waals surface area (Å²) in [6, 6.07) is 16.8. The molecule has 0 unspecified atom stereocenters. The lowest BCUT2D eigenvalue weighted by atomic mass is 10.1. The van der Waals surface area contributed by atoms with E-state index < -0.39 is 0 Å². The first-order chi connectivity index (χ1) is 12.9. The smallest absolute Gasteiger partial charge is 0.100 e. The number of morpholine rings is 1. The van der Waals surface area contributed by atoms with Gasteiger partial charge in [-0.25, -0.2) is 4.98 Å². The van der Waals surface area contributed by atoms with Gasteiger partial charge >= 0.3 is 0 Å². The molecule has 1 fully saturated rings. The maximum atomic E-state index is 5.46. The number of hydrogen-bond acceptors (Lipinski definition) is 4. The summed E-state index contributed by atoms with van der Waals surface area (Å²) in [5.74, 6) is 0. The van der Waals surface area contributed by atoms with E-state index >= 15 is 0 Å². The van der Waals surface area contributed by atoms with Crippen LogP contribution < -0.4 is 0 Å². The zero-order valence-corrected chi connectivity index (χ0v) is 14.5. The van der Waals surface area contributed by atoms with Crippen molar-refractivity contribution in [1.29, 1.82) is 0 Å². The van der Waals surface area contributed by atoms with Crippen LogP contribution in [-0.4, -0.2) is 45.7 Å². The highest BCUT2D eigenvalue weighted by molar-refractivity contribution is 5.84. The van der Waals surface area contributed by atoms with Gasteiger partial charge in [-0.2, -0.15) is 0 Å². The molecule has 0 aliphatic carbocycles. The Morgan fingerprint density at radius 1 is 0.962 bits per heavy atom. The summed E-state index contributed by atoms with van der Waals surface area (Å²) in [6.07, 6.45) is 3.75. The fourth-order valence-corrected chi connectivity index (χ4v) is 3.65. The number of imidazole rings is 1. The second kappa shape index (κ2) is 6.52. The number of nitrogens with zero attached hydrogens (tertiary/aromatic N) is 4. The molecule has 2 aromatic carbocycles. The van der Waals surface area contributed by atoms with Gasteiger partial charge in [0.15, 0.2) is 0 Å². The maximum absolute atomic E-state index is 5.46. The summed E-state index contributed by atoms with van der Waals surface area (Å²) >= 11 is 0. The number of fused-ring (bicyclic) bond motifs is 2. The number of hydrogen-bond donors (Lipinski definition) is 0. The number of aromatic nitrogens is 3. The van der Waals surface area contributed by atoms with Crippen molar-refractivity contribution in [2.45, 2.75) is 6.54 Å². The Hall–Kier alpha value is -2.76. The highest BCUT2D eigenvalue weighted by atomic mass is 16.5. The molecule has 1 aliphatic rings. The van der Waals surface area contributed by atoms with Crippen molar-refractivity contribution in [3.8, 4) is 5.69 Å². The molecular weight excluding hydrogens is 324 g/mol. The van der Waals surface area contributed by atoms with Crippen LogP contribution in [0.4, 0.5) is 0 Å². The van der Waals surface area contributed by atoms with Gasteiger partial charge in [0.05, 0.1) is 29.8 Å². The molecule has 0 bridgehead atoms. The lowest BCUT2D eigenvalue weighted by Gasteiger charge is -2.26. The molecule has 0 saturated carbocycles. The van der Waals surface area contributed by atoms with Gasteiger partial charge in [0, 0.05) is 36.9 Å². The summed E-state index contributed by atoms with van der Waals surface area (Å²) in [4.78, 5) is 11.6. The van der Waals surface area contributed by atoms with Gasteiger partial charge in [0.1, 0.15) is 6.33 Å². The number of pyridine rings is 1. The number of ether oxygens (including phenoxy) is 1. The average molecular weight is 344 g/mol. The van der Waals surface area contributed by atoms with E-state index in [2.05, 4.69) is 56.9 Å². The van der Waals surface area contributed by atoms with E-state index in [1.165, 1.54) is 5.56 Å². The zero-order valence-electron chi connectivity index (χ0n) is 14.5. The van der Waals surface area contributed by atoms with Crippen molar-refractivity contribution < 1.29 is 4.74 Å². The summed E-state index contributed by atoms with van der Waals surface area (Å²) in [5.41, 5.74) is 5.60. The quantitative estimate of drug-likeness (QED) is 0.571. The largest absolute Gasteiger partial charge is 0.379 e. The van der Waals surface area contributed by atoms with E-state index in [-0.39, 0.29) is 0 Å². The van der Waals surface area contributed by atoms with Crippen LogP contribution in [0.2, 0.25) is 0 Å². The fraction of sp³-hybridized carbons (Fsp3) is 0.238. The molecule has 4 aromatic rings. The number of para-hydroxylation sites is 1. The van der Waals surface area contributed by atoms with E-state index in [9.17, 15) is 0 Å². The normalized spacial score (nSPS) is 15.7. The van der Waals surface area contributed by atoms with Gasteiger partial charge < -0.3 is 4.74 Å². The summed E-state index contributed by atoms with van der Waals surface area (Å²) in [5, 5.41) is 1.14. The van der Waals surface area contributed by atoms with Crippen LogP contribution in [-0.2, 0) is 11.3 Å². The van der Waals surface area contributed by atoms with E-state index in [0.717, 1.165) is 60.5 Å². The summed E-state index contributed by atoms with van der Waals surface area (Å²) in [6.45, 7) is 4.51. The van der Waals surface area contributed by atoms with Crippen molar-refractivity contribution in [2.75, 3.05) is 26.3 Å². The minimum absolute atomic E-state index is 0.815.